The van der Waals surface area contributed by atoms with E-state index in [0.717, 1.165) is 12.1 Å². The van der Waals surface area contributed by atoms with E-state index in [1.54, 1.807) is 0 Å². The third-order valence-corrected chi connectivity index (χ3v) is 4.57. The van der Waals surface area contributed by atoms with Crippen molar-refractivity contribution in [1.29, 1.82) is 0 Å². The van der Waals surface area contributed by atoms with Gasteiger partial charge in [-0.2, -0.15) is 0 Å². The molecule has 4 nitrogen and oxygen atoms in total. The normalized spacial score (nSPS) is 11.4. The number of para-hydroxylation sites is 1. The molecule has 1 aromatic carbocycles. The molecule has 102 valence electrons. The number of nitrogens with two attached hydrogens (primary N) is 1. The Morgan fingerprint density at radius 3 is 2.39 bits per heavy atom. The van der Waals surface area contributed by atoms with Crippen LogP contribution in [0.3, 0.4) is 0 Å². The van der Waals surface area contributed by atoms with Gasteiger partial charge in [0.05, 0.1) is 11.4 Å². The summed E-state index contributed by atoms with van der Waals surface area (Å²) in [5.74, 6) is 0.197. The lowest BCUT2D eigenvalue weighted by Crippen LogP contribution is -2.34. The zero-order valence-corrected chi connectivity index (χ0v) is 11.7. The molecule has 0 fully saturated rings. The molecule has 0 bridgehead atoms. The molecular weight excluding hydrogens is 248 g/mol. The number of sulfonamides is 1. The molecule has 0 saturated heterocycles. The van der Waals surface area contributed by atoms with E-state index in [9.17, 15) is 8.42 Å². The number of anilines is 1. The van der Waals surface area contributed by atoms with Crippen LogP contribution in [0.5, 0.6) is 0 Å². The Balaban J connectivity index is 2.91. The first-order chi connectivity index (χ1) is 8.61. The number of hydrogen-bond donors (Lipinski definition) is 1. The molecule has 0 atom stereocenters. The van der Waals surface area contributed by atoms with Gasteiger partial charge in [0.2, 0.25) is 10.0 Å². The van der Waals surface area contributed by atoms with Gasteiger partial charge in [0, 0.05) is 6.54 Å². The summed E-state index contributed by atoms with van der Waals surface area (Å²) in [6.07, 6.45) is 2.23. The molecule has 0 radical (unpaired) electrons. The van der Waals surface area contributed by atoms with Crippen LogP contribution in [0.2, 0.25) is 0 Å². The fourth-order valence-electron chi connectivity index (χ4n) is 1.69. The molecule has 0 aliphatic carbocycles. The maximum absolute atomic E-state index is 12.3. The molecule has 0 unspecified atom stereocenters. The Morgan fingerprint density at radius 2 is 1.83 bits per heavy atom. The summed E-state index contributed by atoms with van der Waals surface area (Å²) in [6, 6.07) is 9.21. The van der Waals surface area contributed by atoms with E-state index in [2.05, 4.69) is 0 Å². The molecule has 0 heterocycles. The summed E-state index contributed by atoms with van der Waals surface area (Å²) in [5.41, 5.74) is 6.20. The van der Waals surface area contributed by atoms with Crippen LogP contribution in [-0.4, -0.2) is 27.3 Å². The average Bonchev–Trinajstić information content (AvgIpc) is 2.38. The highest BCUT2D eigenvalue weighted by atomic mass is 32.2. The molecule has 1 aromatic rings. The van der Waals surface area contributed by atoms with Crippen LogP contribution in [0.1, 0.15) is 26.2 Å². The predicted octanol–water partition coefficient (Wildman–Crippen LogP) is 1.97. The van der Waals surface area contributed by atoms with Crippen LogP contribution in [0.15, 0.2) is 30.3 Å². The van der Waals surface area contributed by atoms with Crippen molar-refractivity contribution in [2.45, 2.75) is 26.2 Å². The highest BCUT2D eigenvalue weighted by Crippen LogP contribution is 2.18. The van der Waals surface area contributed by atoms with Crippen molar-refractivity contribution >= 4 is 15.7 Å². The van der Waals surface area contributed by atoms with Gasteiger partial charge in [-0.05, 0) is 31.5 Å². The molecule has 1 rings (SSSR count). The largest absolute Gasteiger partial charge is 0.330 e. The molecule has 0 aliphatic heterocycles. The van der Waals surface area contributed by atoms with Crippen LogP contribution >= 0.6 is 0 Å². The zero-order chi connectivity index (χ0) is 13.4. The lowest BCUT2D eigenvalue weighted by molar-refractivity contribution is 0.586. The SMILES string of the molecule is CCCCS(=O)(=O)N(CCCN)c1ccccc1. The van der Waals surface area contributed by atoms with Gasteiger partial charge in [-0.1, -0.05) is 31.5 Å². The van der Waals surface area contributed by atoms with E-state index in [1.807, 2.05) is 37.3 Å². The van der Waals surface area contributed by atoms with Crippen molar-refractivity contribution in [3.63, 3.8) is 0 Å². The number of benzene rings is 1. The smallest absolute Gasteiger partial charge is 0.235 e. The van der Waals surface area contributed by atoms with Crippen LogP contribution in [0, 0.1) is 0 Å². The quantitative estimate of drug-likeness (QED) is 0.785. The predicted molar refractivity (Wildman–Crippen MR) is 76.2 cm³/mol. The number of hydrogen-bond acceptors (Lipinski definition) is 3. The summed E-state index contributed by atoms with van der Waals surface area (Å²) < 4.78 is 26.0. The van der Waals surface area contributed by atoms with Crippen molar-refractivity contribution in [2.24, 2.45) is 5.73 Å². The number of rotatable bonds is 8. The van der Waals surface area contributed by atoms with Crippen LogP contribution in [-0.2, 0) is 10.0 Å². The Morgan fingerprint density at radius 1 is 1.17 bits per heavy atom. The van der Waals surface area contributed by atoms with Crippen molar-refractivity contribution < 1.29 is 8.42 Å². The van der Waals surface area contributed by atoms with Gasteiger partial charge in [-0.15, -0.1) is 0 Å². The Bertz CT molecular complexity index is 432. The first-order valence-corrected chi connectivity index (χ1v) is 7.98. The Labute approximate surface area is 110 Å². The van der Waals surface area contributed by atoms with Crippen LogP contribution < -0.4 is 10.0 Å². The lowest BCUT2D eigenvalue weighted by atomic mass is 10.3. The van der Waals surface area contributed by atoms with Gasteiger partial charge < -0.3 is 5.73 Å². The second-order valence-electron chi connectivity index (χ2n) is 4.22. The number of nitrogens with zero attached hydrogens (tertiary/aromatic N) is 1. The van der Waals surface area contributed by atoms with E-state index in [-0.39, 0.29) is 5.75 Å². The van der Waals surface area contributed by atoms with Gasteiger partial charge in [0.1, 0.15) is 0 Å². The fourth-order valence-corrected chi connectivity index (χ4v) is 3.42. The van der Waals surface area contributed by atoms with Crippen LogP contribution in [0.25, 0.3) is 0 Å². The maximum atomic E-state index is 12.3. The molecule has 0 spiro atoms. The first-order valence-electron chi connectivity index (χ1n) is 6.37. The zero-order valence-electron chi connectivity index (χ0n) is 10.9. The molecule has 0 aliphatic rings. The highest BCUT2D eigenvalue weighted by molar-refractivity contribution is 7.92. The van der Waals surface area contributed by atoms with Gasteiger partial charge in [0.25, 0.3) is 0 Å². The molecule has 18 heavy (non-hydrogen) atoms. The Kier molecular flexibility index (Phi) is 6.15. The standard InChI is InChI=1S/C13H22N2O2S/c1-2-3-12-18(16,17)15(11-7-10-14)13-8-5-4-6-9-13/h4-6,8-9H,2-3,7,10-12,14H2,1H3. The van der Waals surface area contributed by atoms with Gasteiger partial charge in [-0.3, -0.25) is 4.31 Å². The van der Waals surface area contributed by atoms with Gasteiger partial charge >= 0.3 is 0 Å². The minimum atomic E-state index is -3.23. The summed E-state index contributed by atoms with van der Waals surface area (Å²) in [7, 11) is -3.23. The minimum absolute atomic E-state index is 0.197. The van der Waals surface area contributed by atoms with E-state index in [1.165, 1.54) is 4.31 Å². The minimum Gasteiger partial charge on any atom is -0.330 e. The molecule has 2 N–H and O–H groups in total. The van der Waals surface area contributed by atoms with E-state index in [0.29, 0.717) is 25.9 Å². The summed E-state index contributed by atoms with van der Waals surface area (Å²) in [6.45, 7) is 2.93. The van der Waals surface area contributed by atoms with Crippen molar-refractivity contribution in [3.8, 4) is 0 Å². The first kappa shape index (κ1) is 15.0. The Hall–Kier alpha value is -1.07. The summed E-state index contributed by atoms with van der Waals surface area (Å²) in [4.78, 5) is 0. The highest BCUT2D eigenvalue weighted by Gasteiger charge is 2.20. The third-order valence-electron chi connectivity index (χ3n) is 2.70. The maximum Gasteiger partial charge on any atom is 0.235 e. The molecule has 0 aromatic heterocycles. The van der Waals surface area contributed by atoms with Crippen molar-refractivity contribution in [1.82, 2.24) is 0 Å². The van der Waals surface area contributed by atoms with E-state index >= 15 is 0 Å². The van der Waals surface area contributed by atoms with E-state index in [4.69, 9.17) is 5.73 Å². The van der Waals surface area contributed by atoms with Gasteiger partial charge in [-0.25, -0.2) is 8.42 Å². The monoisotopic (exact) mass is 270 g/mol. The average molecular weight is 270 g/mol. The molecule has 0 saturated carbocycles. The van der Waals surface area contributed by atoms with Crippen molar-refractivity contribution in [3.05, 3.63) is 30.3 Å². The van der Waals surface area contributed by atoms with Crippen molar-refractivity contribution in [2.75, 3.05) is 23.1 Å². The second-order valence-corrected chi connectivity index (χ2v) is 6.23. The lowest BCUT2D eigenvalue weighted by Gasteiger charge is -2.24. The summed E-state index contributed by atoms with van der Waals surface area (Å²) in [5, 5.41) is 0. The second kappa shape index (κ2) is 7.38. The molecular formula is C13H22N2O2S. The number of unbranched alkanes of at least 4 members (excludes halogenated alkanes) is 1. The van der Waals surface area contributed by atoms with Crippen LogP contribution in [0.4, 0.5) is 5.69 Å². The topological polar surface area (TPSA) is 63.4 Å². The molecule has 5 heteroatoms. The van der Waals surface area contributed by atoms with Gasteiger partial charge in [0.15, 0.2) is 0 Å². The summed E-state index contributed by atoms with van der Waals surface area (Å²) >= 11 is 0. The third kappa shape index (κ3) is 4.31. The van der Waals surface area contributed by atoms with E-state index < -0.39 is 10.0 Å². The molecule has 0 amide bonds. The fraction of sp³-hybridized carbons (Fsp3) is 0.538.